The van der Waals surface area contributed by atoms with Crippen LogP contribution >= 0.6 is 0 Å². The number of nitrogens with one attached hydrogen (secondary N) is 1. The van der Waals surface area contributed by atoms with Gasteiger partial charge in [-0.3, -0.25) is 9.59 Å². The summed E-state index contributed by atoms with van der Waals surface area (Å²) in [6.45, 7) is 6.45. The fraction of sp³-hybridized carbons (Fsp3) is 0.214. The van der Waals surface area contributed by atoms with Crippen LogP contribution in [0.4, 0.5) is 5.69 Å². The van der Waals surface area contributed by atoms with E-state index < -0.39 is 0 Å². The van der Waals surface area contributed by atoms with Crippen molar-refractivity contribution in [1.29, 1.82) is 0 Å². The summed E-state index contributed by atoms with van der Waals surface area (Å²) in [5.41, 5.74) is 3.21. The molecule has 0 aliphatic rings. The van der Waals surface area contributed by atoms with Gasteiger partial charge in [0.25, 0.3) is 5.91 Å². The summed E-state index contributed by atoms with van der Waals surface area (Å²) in [7, 11) is 3.05. The molecule has 4 rings (SSSR count). The molecule has 0 fully saturated rings. The Morgan fingerprint density at radius 2 is 1.56 bits per heavy atom. The molecule has 0 radical (unpaired) electrons. The first-order valence-corrected chi connectivity index (χ1v) is 10.9. The van der Waals surface area contributed by atoms with Crippen molar-refractivity contribution in [2.24, 2.45) is 0 Å². The number of benzene rings is 3. The first-order chi connectivity index (χ1) is 16.2. The van der Waals surface area contributed by atoms with Gasteiger partial charge in [-0.15, -0.1) is 0 Å². The number of hydrogen-bond acceptors (Lipinski definition) is 5. The van der Waals surface area contributed by atoms with E-state index in [1.54, 1.807) is 36.4 Å². The lowest BCUT2D eigenvalue weighted by Gasteiger charge is -2.19. The average molecular weight is 458 g/mol. The smallest absolute Gasteiger partial charge is 0.255 e. The van der Waals surface area contributed by atoms with Gasteiger partial charge in [0, 0.05) is 28.9 Å². The molecule has 174 valence electrons. The second kappa shape index (κ2) is 9.06. The Hall–Kier alpha value is -4.06. The third-order valence-electron chi connectivity index (χ3n) is 5.67. The summed E-state index contributed by atoms with van der Waals surface area (Å²) in [5, 5.41) is 3.29. The van der Waals surface area contributed by atoms with Crippen LogP contribution in [0.3, 0.4) is 0 Å². The molecule has 4 aromatic rings. The van der Waals surface area contributed by atoms with Crippen LogP contribution in [0.5, 0.6) is 11.5 Å². The number of anilines is 1. The summed E-state index contributed by atoms with van der Waals surface area (Å²) >= 11 is 0. The van der Waals surface area contributed by atoms with Crippen molar-refractivity contribution in [2.75, 3.05) is 19.5 Å². The van der Waals surface area contributed by atoms with Crippen molar-refractivity contribution in [2.45, 2.75) is 26.2 Å². The van der Waals surface area contributed by atoms with Gasteiger partial charge in [-0.05, 0) is 41.3 Å². The van der Waals surface area contributed by atoms with Gasteiger partial charge in [0.15, 0.2) is 16.9 Å². The van der Waals surface area contributed by atoms with Gasteiger partial charge in [0.1, 0.15) is 11.3 Å². The molecule has 1 aromatic heterocycles. The van der Waals surface area contributed by atoms with E-state index in [1.807, 2.05) is 24.3 Å². The van der Waals surface area contributed by atoms with Crippen LogP contribution in [0.1, 0.15) is 36.7 Å². The molecule has 1 N–H and O–H groups in total. The predicted molar refractivity (Wildman–Crippen MR) is 134 cm³/mol. The van der Waals surface area contributed by atoms with E-state index in [1.165, 1.54) is 25.8 Å². The first kappa shape index (κ1) is 23.1. The Kier molecular flexibility index (Phi) is 6.16. The van der Waals surface area contributed by atoms with Gasteiger partial charge in [-0.25, -0.2) is 0 Å². The molecule has 1 heterocycles. The second-order valence-electron chi connectivity index (χ2n) is 9.04. The van der Waals surface area contributed by atoms with Crippen LogP contribution in [0.15, 0.2) is 75.9 Å². The number of ether oxygens (including phenoxy) is 2. The number of carbonyl (C=O) groups is 1. The molecule has 1 amide bonds. The van der Waals surface area contributed by atoms with Crippen molar-refractivity contribution < 1.29 is 18.7 Å². The molecule has 6 nitrogen and oxygen atoms in total. The highest BCUT2D eigenvalue weighted by atomic mass is 16.5. The molecule has 0 unspecified atom stereocenters. The Balaban J connectivity index is 1.64. The molecule has 3 aromatic carbocycles. The standard InChI is InChI=1S/C28H27NO5/c1-28(2,3)19-9-6-17(7-10-19)24-16-22(30)21-12-11-20(15-25(21)34-24)29-27(31)18-8-13-23(32-4)26(14-18)33-5/h6-16H,1-5H3,(H,29,31). The molecular formula is C28H27NO5. The minimum atomic E-state index is -0.323. The Bertz CT molecular complexity index is 1410. The average Bonchev–Trinajstić information content (AvgIpc) is 2.82. The highest BCUT2D eigenvalue weighted by Gasteiger charge is 2.15. The molecular weight excluding hydrogens is 430 g/mol. The number of hydrogen-bond donors (Lipinski definition) is 1. The van der Waals surface area contributed by atoms with Gasteiger partial charge in [-0.1, -0.05) is 45.0 Å². The molecule has 34 heavy (non-hydrogen) atoms. The first-order valence-electron chi connectivity index (χ1n) is 10.9. The molecule has 0 aliphatic heterocycles. The van der Waals surface area contributed by atoms with Crippen LogP contribution in [0, 0.1) is 0 Å². The number of rotatable bonds is 5. The van der Waals surface area contributed by atoms with Crippen molar-refractivity contribution in [3.63, 3.8) is 0 Å². The number of methoxy groups -OCH3 is 2. The second-order valence-corrected chi connectivity index (χ2v) is 9.04. The summed E-state index contributed by atoms with van der Waals surface area (Å²) in [6, 6.07) is 19.4. The lowest BCUT2D eigenvalue weighted by Crippen LogP contribution is -2.12. The SMILES string of the molecule is COc1ccc(C(=O)Nc2ccc3c(=O)cc(-c4ccc(C(C)(C)C)cc4)oc3c2)cc1OC. The Morgan fingerprint density at radius 1 is 0.853 bits per heavy atom. The molecule has 0 saturated heterocycles. The zero-order valence-corrected chi connectivity index (χ0v) is 19.9. The molecule has 0 atom stereocenters. The normalized spacial score (nSPS) is 11.3. The van der Waals surface area contributed by atoms with Crippen molar-refractivity contribution in [1.82, 2.24) is 0 Å². The third kappa shape index (κ3) is 4.66. The predicted octanol–water partition coefficient (Wildman–Crippen LogP) is 6.03. The number of carbonyl (C=O) groups excluding carboxylic acids is 1. The quantitative estimate of drug-likeness (QED) is 0.396. The van der Waals surface area contributed by atoms with Gasteiger partial charge in [0.2, 0.25) is 0 Å². The minimum Gasteiger partial charge on any atom is -0.493 e. The van der Waals surface area contributed by atoms with E-state index in [2.05, 4.69) is 26.1 Å². The summed E-state index contributed by atoms with van der Waals surface area (Å²) in [6.07, 6.45) is 0. The van der Waals surface area contributed by atoms with Gasteiger partial charge in [0.05, 0.1) is 19.6 Å². The monoisotopic (exact) mass is 457 g/mol. The maximum Gasteiger partial charge on any atom is 0.255 e. The van der Waals surface area contributed by atoms with Crippen LogP contribution in [0.2, 0.25) is 0 Å². The van der Waals surface area contributed by atoms with E-state index in [-0.39, 0.29) is 16.8 Å². The lowest BCUT2D eigenvalue weighted by molar-refractivity contribution is 0.102. The van der Waals surface area contributed by atoms with Crippen molar-refractivity contribution in [3.8, 4) is 22.8 Å². The molecule has 0 aliphatic carbocycles. The van der Waals surface area contributed by atoms with E-state index >= 15 is 0 Å². The number of amides is 1. The van der Waals surface area contributed by atoms with E-state index in [0.29, 0.717) is 39.5 Å². The number of fused-ring (bicyclic) bond motifs is 1. The van der Waals surface area contributed by atoms with E-state index in [0.717, 1.165) is 5.56 Å². The largest absolute Gasteiger partial charge is 0.493 e. The van der Waals surface area contributed by atoms with Gasteiger partial charge < -0.3 is 19.2 Å². The fourth-order valence-corrected chi connectivity index (χ4v) is 3.69. The van der Waals surface area contributed by atoms with Gasteiger partial charge in [-0.2, -0.15) is 0 Å². The highest BCUT2D eigenvalue weighted by Crippen LogP contribution is 2.29. The maximum absolute atomic E-state index is 12.8. The maximum atomic E-state index is 12.8. The van der Waals surface area contributed by atoms with Crippen molar-refractivity contribution in [3.05, 3.63) is 88.1 Å². The Morgan fingerprint density at radius 3 is 2.21 bits per heavy atom. The fourth-order valence-electron chi connectivity index (χ4n) is 3.69. The summed E-state index contributed by atoms with van der Waals surface area (Å²) in [4.78, 5) is 25.5. The van der Waals surface area contributed by atoms with Crippen molar-refractivity contribution >= 4 is 22.6 Å². The minimum absolute atomic E-state index is 0.0315. The summed E-state index contributed by atoms with van der Waals surface area (Å²) < 4.78 is 16.6. The molecule has 0 spiro atoms. The van der Waals surface area contributed by atoms with Crippen LogP contribution in [-0.2, 0) is 5.41 Å². The Labute approximate surface area is 198 Å². The van der Waals surface area contributed by atoms with Crippen LogP contribution in [0.25, 0.3) is 22.3 Å². The third-order valence-corrected chi connectivity index (χ3v) is 5.67. The molecule has 0 saturated carbocycles. The zero-order valence-electron chi connectivity index (χ0n) is 19.9. The highest BCUT2D eigenvalue weighted by molar-refractivity contribution is 6.05. The van der Waals surface area contributed by atoms with E-state index in [4.69, 9.17) is 13.9 Å². The lowest BCUT2D eigenvalue weighted by atomic mass is 9.86. The van der Waals surface area contributed by atoms with Gasteiger partial charge >= 0.3 is 0 Å². The topological polar surface area (TPSA) is 77.8 Å². The summed E-state index contributed by atoms with van der Waals surface area (Å²) in [5.74, 6) is 1.15. The van der Waals surface area contributed by atoms with Crippen LogP contribution in [-0.4, -0.2) is 20.1 Å². The van der Waals surface area contributed by atoms with Crippen LogP contribution < -0.4 is 20.2 Å². The van der Waals surface area contributed by atoms with E-state index in [9.17, 15) is 9.59 Å². The molecule has 0 bridgehead atoms. The zero-order chi connectivity index (χ0) is 24.5. The molecule has 6 heteroatoms.